The van der Waals surface area contributed by atoms with Crippen LogP contribution in [-0.2, 0) is 7.05 Å². The summed E-state index contributed by atoms with van der Waals surface area (Å²) in [4.78, 5) is 0. The molecule has 1 aliphatic rings. The van der Waals surface area contributed by atoms with Crippen molar-refractivity contribution in [2.45, 2.75) is 12.8 Å². The lowest BCUT2D eigenvalue weighted by Crippen LogP contribution is -2.23. The van der Waals surface area contributed by atoms with Gasteiger partial charge in [-0.2, -0.15) is 5.10 Å². The highest BCUT2D eigenvalue weighted by atomic mass is 15.2. The van der Waals surface area contributed by atoms with E-state index in [1.165, 1.54) is 24.0 Å². The molecule has 1 saturated heterocycles. The molecule has 2 rings (SSSR count). The van der Waals surface area contributed by atoms with Crippen molar-refractivity contribution in [2.24, 2.45) is 7.05 Å². The van der Waals surface area contributed by atoms with E-state index in [1.54, 1.807) is 0 Å². The maximum atomic E-state index is 4.13. The van der Waals surface area contributed by atoms with Crippen molar-refractivity contribution >= 4 is 6.08 Å². The van der Waals surface area contributed by atoms with E-state index in [1.807, 2.05) is 24.1 Å². The third-order valence-electron chi connectivity index (χ3n) is 2.30. The SMILES string of the molecule is Cn1cc(C=C2CCCNC2)cn1. The number of aromatic nitrogens is 2. The maximum Gasteiger partial charge on any atom is 0.0562 e. The van der Waals surface area contributed by atoms with Crippen molar-refractivity contribution in [3.63, 3.8) is 0 Å². The number of nitrogens with one attached hydrogen (secondary N) is 1. The van der Waals surface area contributed by atoms with E-state index in [2.05, 4.69) is 16.5 Å². The third kappa shape index (κ3) is 2.18. The fraction of sp³-hybridized carbons (Fsp3) is 0.500. The lowest BCUT2D eigenvalue weighted by molar-refractivity contribution is 0.613. The number of hydrogen-bond acceptors (Lipinski definition) is 2. The standard InChI is InChI=1S/C10H15N3/c1-13-8-10(7-12-13)5-9-3-2-4-11-6-9/h5,7-8,11H,2-4,6H2,1H3. The molecule has 70 valence electrons. The van der Waals surface area contributed by atoms with Crippen molar-refractivity contribution in [1.82, 2.24) is 15.1 Å². The molecular weight excluding hydrogens is 162 g/mol. The van der Waals surface area contributed by atoms with Crippen molar-refractivity contribution in [2.75, 3.05) is 13.1 Å². The van der Waals surface area contributed by atoms with Gasteiger partial charge in [0, 0.05) is 25.4 Å². The summed E-state index contributed by atoms with van der Waals surface area (Å²) in [7, 11) is 1.95. The summed E-state index contributed by atoms with van der Waals surface area (Å²) in [6.45, 7) is 2.19. The van der Waals surface area contributed by atoms with Crippen LogP contribution in [0.1, 0.15) is 18.4 Å². The van der Waals surface area contributed by atoms with Gasteiger partial charge in [-0.25, -0.2) is 0 Å². The second-order valence-corrected chi connectivity index (χ2v) is 3.53. The van der Waals surface area contributed by atoms with E-state index in [0.717, 1.165) is 13.1 Å². The zero-order valence-corrected chi connectivity index (χ0v) is 7.95. The minimum atomic E-state index is 1.04. The van der Waals surface area contributed by atoms with E-state index >= 15 is 0 Å². The fourth-order valence-corrected chi connectivity index (χ4v) is 1.65. The molecule has 3 nitrogen and oxygen atoms in total. The first-order chi connectivity index (χ1) is 6.34. The van der Waals surface area contributed by atoms with E-state index in [4.69, 9.17) is 0 Å². The fourth-order valence-electron chi connectivity index (χ4n) is 1.65. The van der Waals surface area contributed by atoms with Gasteiger partial charge in [0.2, 0.25) is 0 Å². The quantitative estimate of drug-likeness (QED) is 0.698. The van der Waals surface area contributed by atoms with Gasteiger partial charge in [-0.1, -0.05) is 11.6 Å². The highest BCUT2D eigenvalue weighted by Crippen LogP contribution is 2.12. The molecule has 3 heteroatoms. The molecule has 1 aliphatic heterocycles. The minimum Gasteiger partial charge on any atom is -0.313 e. The summed E-state index contributed by atoms with van der Waals surface area (Å²) in [6.07, 6.45) is 8.66. The second kappa shape index (κ2) is 3.75. The Labute approximate surface area is 78.4 Å². The lowest BCUT2D eigenvalue weighted by atomic mass is 10.1. The van der Waals surface area contributed by atoms with Crippen LogP contribution in [0, 0.1) is 0 Å². The molecule has 13 heavy (non-hydrogen) atoms. The molecular formula is C10H15N3. The summed E-state index contributed by atoms with van der Waals surface area (Å²) >= 11 is 0. The van der Waals surface area contributed by atoms with Crippen molar-refractivity contribution in [3.8, 4) is 0 Å². The van der Waals surface area contributed by atoms with Crippen LogP contribution in [0.4, 0.5) is 0 Å². The number of hydrogen-bond donors (Lipinski definition) is 1. The van der Waals surface area contributed by atoms with Gasteiger partial charge in [-0.3, -0.25) is 4.68 Å². The second-order valence-electron chi connectivity index (χ2n) is 3.53. The molecule has 2 heterocycles. The third-order valence-corrected chi connectivity index (χ3v) is 2.30. The van der Waals surface area contributed by atoms with Gasteiger partial charge in [-0.05, 0) is 19.4 Å². The average Bonchev–Trinajstić information content (AvgIpc) is 2.53. The Balaban J connectivity index is 2.09. The Morgan fingerprint density at radius 2 is 2.54 bits per heavy atom. The molecule has 0 amide bonds. The molecule has 0 atom stereocenters. The average molecular weight is 177 g/mol. The first-order valence-corrected chi connectivity index (χ1v) is 4.73. The molecule has 1 aromatic heterocycles. The molecule has 0 aliphatic carbocycles. The number of nitrogens with zero attached hydrogens (tertiary/aromatic N) is 2. The molecule has 0 spiro atoms. The van der Waals surface area contributed by atoms with Gasteiger partial charge in [-0.15, -0.1) is 0 Å². The first kappa shape index (κ1) is 8.51. The molecule has 1 aromatic rings. The molecule has 0 radical (unpaired) electrons. The Morgan fingerprint density at radius 3 is 3.15 bits per heavy atom. The van der Waals surface area contributed by atoms with E-state index in [0.29, 0.717) is 0 Å². The molecule has 0 saturated carbocycles. The first-order valence-electron chi connectivity index (χ1n) is 4.73. The number of aryl methyl sites for hydroxylation is 1. The van der Waals surface area contributed by atoms with Crippen LogP contribution in [0.15, 0.2) is 18.0 Å². The van der Waals surface area contributed by atoms with Crippen molar-refractivity contribution < 1.29 is 0 Å². The van der Waals surface area contributed by atoms with Gasteiger partial charge < -0.3 is 5.32 Å². The lowest BCUT2D eigenvalue weighted by Gasteiger charge is -2.14. The summed E-state index contributed by atoms with van der Waals surface area (Å²) < 4.78 is 1.84. The van der Waals surface area contributed by atoms with E-state index in [9.17, 15) is 0 Å². The summed E-state index contributed by atoms with van der Waals surface area (Å²) in [5.74, 6) is 0. The van der Waals surface area contributed by atoms with Gasteiger partial charge in [0.15, 0.2) is 0 Å². The van der Waals surface area contributed by atoms with Gasteiger partial charge >= 0.3 is 0 Å². The van der Waals surface area contributed by atoms with Crippen LogP contribution < -0.4 is 5.32 Å². The molecule has 0 bridgehead atoms. The normalized spacial score (nSPS) is 20.8. The van der Waals surface area contributed by atoms with Crippen LogP contribution >= 0.6 is 0 Å². The number of piperidine rings is 1. The zero-order valence-electron chi connectivity index (χ0n) is 7.95. The monoisotopic (exact) mass is 177 g/mol. The van der Waals surface area contributed by atoms with Gasteiger partial charge in [0.25, 0.3) is 0 Å². The Morgan fingerprint density at radius 1 is 1.62 bits per heavy atom. The minimum absolute atomic E-state index is 1.04. The molecule has 0 aromatic carbocycles. The topological polar surface area (TPSA) is 29.9 Å². The van der Waals surface area contributed by atoms with Crippen LogP contribution in [-0.4, -0.2) is 22.9 Å². The Hall–Kier alpha value is -1.09. The van der Waals surface area contributed by atoms with Crippen LogP contribution in [0.5, 0.6) is 0 Å². The largest absolute Gasteiger partial charge is 0.313 e. The van der Waals surface area contributed by atoms with E-state index < -0.39 is 0 Å². The van der Waals surface area contributed by atoms with Crippen LogP contribution in [0.2, 0.25) is 0 Å². The van der Waals surface area contributed by atoms with Crippen LogP contribution in [0.3, 0.4) is 0 Å². The Kier molecular flexibility index (Phi) is 2.45. The summed E-state index contributed by atoms with van der Waals surface area (Å²) in [5.41, 5.74) is 2.69. The maximum absolute atomic E-state index is 4.13. The van der Waals surface area contributed by atoms with Gasteiger partial charge in [0.1, 0.15) is 0 Å². The molecule has 0 unspecified atom stereocenters. The smallest absolute Gasteiger partial charge is 0.0562 e. The highest BCUT2D eigenvalue weighted by Gasteiger charge is 2.04. The highest BCUT2D eigenvalue weighted by molar-refractivity contribution is 5.51. The van der Waals surface area contributed by atoms with Crippen LogP contribution in [0.25, 0.3) is 6.08 Å². The predicted octanol–water partition coefficient (Wildman–Crippen LogP) is 1.19. The van der Waals surface area contributed by atoms with Crippen molar-refractivity contribution in [1.29, 1.82) is 0 Å². The van der Waals surface area contributed by atoms with Crippen molar-refractivity contribution in [3.05, 3.63) is 23.5 Å². The Bertz CT molecular complexity index is 304. The van der Waals surface area contributed by atoms with E-state index in [-0.39, 0.29) is 0 Å². The number of rotatable bonds is 1. The zero-order chi connectivity index (χ0) is 9.10. The van der Waals surface area contributed by atoms with Gasteiger partial charge in [0.05, 0.1) is 6.20 Å². The summed E-state index contributed by atoms with van der Waals surface area (Å²) in [6, 6.07) is 0. The summed E-state index contributed by atoms with van der Waals surface area (Å²) in [5, 5.41) is 7.50. The predicted molar refractivity (Wildman–Crippen MR) is 53.3 cm³/mol. The molecule has 1 fully saturated rings. The molecule has 1 N–H and O–H groups in total.